The third-order valence-corrected chi connectivity index (χ3v) is 6.19. The molecule has 1 aromatic heterocycles. The Bertz CT molecular complexity index is 577. The van der Waals surface area contributed by atoms with E-state index in [1.54, 1.807) is 10.8 Å². The molecule has 0 unspecified atom stereocenters. The van der Waals surface area contributed by atoms with E-state index in [0.717, 1.165) is 22.8 Å². The first-order chi connectivity index (χ1) is 9.20. The minimum Gasteiger partial charge on any atom is -0.312 e. The Morgan fingerprint density at radius 1 is 1.35 bits per heavy atom. The first kappa shape index (κ1) is 15.7. The van der Waals surface area contributed by atoms with Crippen LogP contribution in [0, 0.1) is 0 Å². The minimum atomic E-state index is -4.55. The molecule has 1 aliphatic rings. The van der Waals surface area contributed by atoms with E-state index in [1.807, 2.05) is 6.92 Å². The number of hydrogen-bond donors (Lipinski definition) is 2. The molecule has 9 heteroatoms. The number of alkyl halides is 3. The number of hydrogen-bond acceptors (Lipinski definition) is 4. The van der Waals surface area contributed by atoms with Crippen molar-refractivity contribution in [2.24, 2.45) is 0 Å². The predicted molar refractivity (Wildman–Crippen MR) is 70.0 cm³/mol. The highest BCUT2D eigenvalue weighted by Crippen LogP contribution is 2.49. The first-order valence-electron chi connectivity index (χ1n) is 6.10. The Hall–Kier alpha value is -0.640. The lowest BCUT2D eigenvalue weighted by atomic mass is 10.3. The molecule has 0 radical (unpaired) electrons. The molecule has 0 aliphatic heterocycles. The Morgan fingerprint density at radius 2 is 2.00 bits per heavy atom. The predicted octanol–water partition coefficient (Wildman–Crippen LogP) is 2.23. The SMILES string of the molecule is CCNCc1ccc(S(=O)(=O)NC2(C(F)(F)F)CC2)s1. The van der Waals surface area contributed by atoms with Crippen molar-refractivity contribution in [3.05, 3.63) is 17.0 Å². The lowest BCUT2D eigenvalue weighted by molar-refractivity contribution is -0.160. The standard InChI is InChI=1S/C11H15F3N2O2S2/c1-2-15-7-8-3-4-9(19-8)20(17,18)16-10(5-6-10)11(12,13)14/h3-4,15-16H,2,5-7H2,1H3. The number of halogens is 3. The van der Waals surface area contributed by atoms with Gasteiger partial charge in [0.15, 0.2) is 0 Å². The molecule has 0 saturated heterocycles. The van der Waals surface area contributed by atoms with Crippen LogP contribution in [0.1, 0.15) is 24.6 Å². The molecular formula is C11H15F3N2O2S2. The molecular weight excluding hydrogens is 313 g/mol. The molecule has 114 valence electrons. The van der Waals surface area contributed by atoms with Gasteiger partial charge >= 0.3 is 6.18 Å². The molecule has 2 rings (SSSR count). The average molecular weight is 328 g/mol. The summed E-state index contributed by atoms with van der Waals surface area (Å²) < 4.78 is 64.1. The molecule has 0 amide bonds. The van der Waals surface area contributed by atoms with Crippen LogP contribution in [0.25, 0.3) is 0 Å². The molecule has 2 N–H and O–H groups in total. The van der Waals surface area contributed by atoms with Crippen LogP contribution in [0.3, 0.4) is 0 Å². The van der Waals surface area contributed by atoms with Gasteiger partial charge in [-0.1, -0.05) is 6.92 Å². The molecule has 20 heavy (non-hydrogen) atoms. The van der Waals surface area contributed by atoms with Gasteiger partial charge < -0.3 is 5.32 Å². The third kappa shape index (κ3) is 3.16. The summed E-state index contributed by atoms with van der Waals surface area (Å²) in [4.78, 5) is 0.768. The van der Waals surface area contributed by atoms with Gasteiger partial charge in [0.1, 0.15) is 9.75 Å². The van der Waals surface area contributed by atoms with Crippen molar-refractivity contribution in [3.8, 4) is 0 Å². The number of sulfonamides is 1. The van der Waals surface area contributed by atoms with E-state index in [2.05, 4.69) is 5.32 Å². The molecule has 1 aromatic rings. The largest absolute Gasteiger partial charge is 0.407 e. The summed E-state index contributed by atoms with van der Waals surface area (Å²) in [5.41, 5.74) is -2.27. The van der Waals surface area contributed by atoms with Crippen LogP contribution in [0.5, 0.6) is 0 Å². The smallest absolute Gasteiger partial charge is 0.312 e. The van der Waals surface area contributed by atoms with Gasteiger partial charge in [-0.3, -0.25) is 0 Å². The van der Waals surface area contributed by atoms with E-state index in [-0.39, 0.29) is 17.1 Å². The summed E-state index contributed by atoms with van der Waals surface area (Å²) in [5, 5.41) is 3.03. The number of thiophene rings is 1. The summed E-state index contributed by atoms with van der Waals surface area (Å²) in [7, 11) is -4.12. The topological polar surface area (TPSA) is 58.2 Å². The van der Waals surface area contributed by atoms with Crippen molar-refractivity contribution in [3.63, 3.8) is 0 Å². The molecule has 1 fully saturated rings. The highest BCUT2D eigenvalue weighted by atomic mass is 32.2. The fourth-order valence-electron chi connectivity index (χ4n) is 1.72. The first-order valence-corrected chi connectivity index (χ1v) is 8.40. The summed E-state index contributed by atoms with van der Waals surface area (Å²) in [6.07, 6.45) is -4.96. The number of nitrogens with one attached hydrogen (secondary N) is 2. The Kier molecular flexibility index (Phi) is 4.16. The summed E-state index contributed by atoms with van der Waals surface area (Å²) in [6, 6.07) is 2.95. The third-order valence-electron chi connectivity index (χ3n) is 3.07. The van der Waals surface area contributed by atoms with Crippen LogP contribution in [0.15, 0.2) is 16.3 Å². The van der Waals surface area contributed by atoms with Gasteiger partial charge in [0.25, 0.3) is 10.0 Å². The van der Waals surface area contributed by atoms with Crippen LogP contribution in [-0.4, -0.2) is 26.7 Å². The molecule has 0 spiro atoms. The number of rotatable bonds is 6. The van der Waals surface area contributed by atoms with Crippen LogP contribution >= 0.6 is 11.3 Å². The fourth-order valence-corrected chi connectivity index (χ4v) is 4.49. The molecule has 0 atom stereocenters. The Labute approximate surface area is 119 Å². The van der Waals surface area contributed by atoms with E-state index >= 15 is 0 Å². The maximum atomic E-state index is 12.8. The zero-order chi connectivity index (χ0) is 15.0. The van der Waals surface area contributed by atoms with Crippen molar-refractivity contribution in [2.75, 3.05) is 6.54 Å². The van der Waals surface area contributed by atoms with Gasteiger partial charge in [0.05, 0.1) is 0 Å². The van der Waals surface area contributed by atoms with Crippen molar-refractivity contribution in [1.29, 1.82) is 0 Å². The maximum absolute atomic E-state index is 12.8. The van der Waals surface area contributed by atoms with Crippen molar-refractivity contribution >= 4 is 21.4 Å². The van der Waals surface area contributed by atoms with Crippen molar-refractivity contribution in [1.82, 2.24) is 10.0 Å². The van der Waals surface area contributed by atoms with Gasteiger partial charge in [-0.2, -0.15) is 17.9 Å². The second-order valence-electron chi connectivity index (χ2n) is 4.69. The normalized spacial score (nSPS) is 18.2. The molecule has 4 nitrogen and oxygen atoms in total. The average Bonchev–Trinajstić information content (AvgIpc) is 2.94. The maximum Gasteiger partial charge on any atom is 0.407 e. The quantitative estimate of drug-likeness (QED) is 0.842. The summed E-state index contributed by atoms with van der Waals surface area (Å²) in [6.45, 7) is 3.14. The molecule has 1 heterocycles. The highest BCUT2D eigenvalue weighted by molar-refractivity contribution is 7.91. The van der Waals surface area contributed by atoms with Crippen LogP contribution in [0.2, 0.25) is 0 Å². The van der Waals surface area contributed by atoms with E-state index in [9.17, 15) is 21.6 Å². The summed E-state index contributed by atoms with van der Waals surface area (Å²) >= 11 is 0.979. The van der Waals surface area contributed by atoms with Crippen LogP contribution < -0.4 is 10.0 Å². The molecule has 0 bridgehead atoms. The highest BCUT2D eigenvalue weighted by Gasteiger charge is 2.65. The zero-order valence-electron chi connectivity index (χ0n) is 10.8. The lowest BCUT2D eigenvalue weighted by Crippen LogP contribution is -2.47. The Morgan fingerprint density at radius 3 is 2.50 bits per heavy atom. The molecule has 1 saturated carbocycles. The summed E-state index contributed by atoms with van der Waals surface area (Å²) in [5.74, 6) is 0. The monoisotopic (exact) mass is 328 g/mol. The molecule has 1 aliphatic carbocycles. The van der Waals surface area contributed by atoms with Gasteiger partial charge in [-0.25, -0.2) is 8.42 Å². The van der Waals surface area contributed by atoms with Gasteiger partial charge in [-0.15, -0.1) is 11.3 Å². The Balaban J connectivity index is 2.13. The molecule has 0 aromatic carbocycles. The van der Waals surface area contributed by atoms with E-state index in [0.29, 0.717) is 6.54 Å². The second-order valence-corrected chi connectivity index (χ2v) is 7.76. The van der Waals surface area contributed by atoms with Gasteiger partial charge in [0, 0.05) is 11.4 Å². The fraction of sp³-hybridized carbons (Fsp3) is 0.636. The van der Waals surface area contributed by atoms with E-state index in [1.165, 1.54) is 6.07 Å². The van der Waals surface area contributed by atoms with Gasteiger partial charge in [-0.05, 0) is 31.5 Å². The van der Waals surface area contributed by atoms with E-state index < -0.39 is 21.7 Å². The minimum absolute atomic E-state index is 0.0825. The van der Waals surface area contributed by atoms with Crippen molar-refractivity contribution < 1.29 is 21.6 Å². The van der Waals surface area contributed by atoms with Crippen molar-refractivity contribution in [2.45, 2.75) is 42.2 Å². The van der Waals surface area contributed by atoms with Crippen LogP contribution in [0.4, 0.5) is 13.2 Å². The van der Waals surface area contributed by atoms with E-state index in [4.69, 9.17) is 0 Å². The lowest BCUT2D eigenvalue weighted by Gasteiger charge is -2.19. The zero-order valence-corrected chi connectivity index (χ0v) is 12.4. The second kappa shape index (κ2) is 5.28. The van der Waals surface area contributed by atoms with Gasteiger partial charge in [0.2, 0.25) is 0 Å². The van der Waals surface area contributed by atoms with Crippen LogP contribution in [-0.2, 0) is 16.6 Å².